The minimum Gasteiger partial charge on any atom is -0.366 e. The van der Waals surface area contributed by atoms with E-state index in [2.05, 4.69) is 27.4 Å². The predicted octanol–water partition coefficient (Wildman–Crippen LogP) is 3.14. The van der Waals surface area contributed by atoms with Gasteiger partial charge in [0.15, 0.2) is 9.84 Å². The zero-order valence-electron chi connectivity index (χ0n) is 21.6. The van der Waals surface area contributed by atoms with Crippen molar-refractivity contribution in [3.8, 4) is 11.1 Å². The van der Waals surface area contributed by atoms with Crippen LogP contribution in [0.15, 0.2) is 29.8 Å². The molecule has 0 bridgehead atoms. The fourth-order valence-electron chi connectivity index (χ4n) is 5.69. The smallest absolute Gasteiger partial charge is 0.250 e. The van der Waals surface area contributed by atoms with Crippen LogP contribution in [0.3, 0.4) is 0 Å². The third-order valence-corrected chi connectivity index (χ3v) is 12.5. The third-order valence-electron chi connectivity index (χ3n) is 7.96. The number of hydrogen-bond acceptors (Lipinski definition) is 7. The minimum absolute atomic E-state index is 0.0320. The van der Waals surface area contributed by atoms with E-state index in [1.54, 1.807) is 22.6 Å². The van der Waals surface area contributed by atoms with Crippen molar-refractivity contribution in [2.45, 2.75) is 44.7 Å². The highest BCUT2D eigenvalue weighted by Gasteiger charge is 2.31. The van der Waals surface area contributed by atoms with Crippen LogP contribution in [0.1, 0.15) is 52.9 Å². The number of H-pyrrole nitrogens is 1. The molecule has 3 N–H and O–H groups in total. The number of rotatable bonds is 8. The summed E-state index contributed by atoms with van der Waals surface area (Å²) in [5.41, 5.74) is 9.86. The molecule has 0 aliphatic carbocycles. The van der Waals surface area contributed by atoms with Crippen LogP contribution in [0, 0.1) is 0 Å². The Balaban J connectivity index is 1.41. The number of sulfonamides is 1. The number of carbonyl (C=O) groups excluding carboxylic acids is 1. The number of nitrogens with zero attached hydrogens (tertiary/aromatic N) is 2. The largest absolute Gasteiger partial charge is 0.366 e. The van der Waals surface area contributed by atoms with Crippen LogP contribution >= 0.6 is 11.3 Å². The van der Waals surface area contributed by atoms with Gasteiger partial charge in [0.25, 0.3) is 5.91 Å². The third kappa shape index (κ3) is 5.42. The molecule has 206 valence electrons. The predicted molar refractivity (Wildman–Crippen MR) is 152 cm³/mol. The molecule has 0 radical (unpaired) electrons. The topological polar surface area (TPSA) is 134 Å². The lowest BCUT2D eigenvalue weighted by Gasteiger charge is -2.31. The van der Waals surface area contributed by atoms with Crippen LogP contribution in [0.5, 0.6) is 0 Å². The first-order chi connectivity index (χ1) is 18.0. The van der Waals surface area contributed by atoms with Crippen LogP contribution in [0.4, 0.5) is 0 Å². The first-order valence-corrected chi connectivity index (χ1v) is 17.2. The SMILES string of the molecule is CCS(=O)(=O)N1CCC(c2c[nH]c3c(C(N)=O)cc(-c4csc(CN(C)C5CCS(=O)(=O)C5)c4)cc23)CC1. The van der Waals surface area contributed by atoms with Crippen molar-refractivity contribution in [3.05, 3.63) is 45.8 Å². The Morgan fingerprint density at radius 1 is 1.18 bits per heavy atom. The Hall–Kier alpha value is -2.25. The molecule has 2 aromatic heterocycles. The first-order valence-electron chi connectivity index (χ1n) is 12.9. The molecule has 2 aliphatic rings. The van der Waals surface area contributed by atoms with Crippen molar-refractivity contribution in [1.29, 1.82) is 0 Å². The summed E-state index contributed by atoms with van der Waals surface area (Å²) in [6.07, 6.45) is 4.02. The molecule has 4 heterocycles. The van der Waals surface area contributed by atoms with E-state index >= 15 is 0 Å². The summed E-state index contributed by atoms with van der Waals surface area (Å²) in [6.45, 7) is 3.30. The molecule has 1 amide bonds. The van der Waals surface area contributed by atoms with Crippen LogP contribution in [0.25, 0.3) is 22.0 Å². The lowest BCUT2D eigenvalue weighted by Crippen LogP contribution is -2.38. The Morgan fingerprint density at radius 2 is 1.92 bits per heavy atom. The fourth-order valence-corrected chi connectivity index (χ4v) is 9.59. The molecular formula is C26H34N4O5S3. The molecule has 12 heteroatoms. The highest BCUT2D eigenvalue weighted by atomic mass is 32.2. The monoisotopic (exact) mass is 578 g/mol. The number of piperidine rings is 1. The number of aromatic nitrogens is 1. The summed E-state index contributed by atoms with van der Waals surface area (Å²) >= 11 is 1.61. The van der Waals surface area contributed by atoms with Gasteiger partial charge < -0.3 is 10.7 Å². The zero-order chi connectivity index (χ0) is 27.2. The van der Waals surface area contributed by atoms with Crippen LogP contribution in [0.2, 0.25) is 0 Å². The maximum Gasteiger partial charge on any atom is 0.250 e. The number of amides is 1. The van der Waals surface area contributed by atoms with Crippen molar-refractivity contribution >= 4 is 48.0 Å². The van der Waals surface area contributed by atoms with Crippen molar-refractivity contribution < 1.29 is 21.6 Å². The number of aromatic amines is 1. The van der Waals surface area contributed by atoms with Gasteiger partial charge in [-0.2, -0.15) is 0 Å². The fraction of sp³-hybridized carbons (Fsp3) is 0.500. The maximum absolute atomic E-state index is 12.4. The number of primary amides is 1. The molecule has 1 atom stereocenters. The van der Waals surface area contributed by atoms with Crippen LogP contribution < -0.4 is 5.73 Å². The molecular weight excluding hydrogens is 545 g/mol. The summed E-state index contributed by atoms with van der Waals surface area (Å²) in [6, 6.07) is 6.03. The summed E-state index contributed by atoms with van der Waals surface area (Å²) in [4.78, 5) is 18.9. The van der Waals surface area contributed by atoms with Crippen molar-refractivity contribution in [3.63, 3.8) is 0 Å². The van der Waals surface area contributed by atoms with E-state index in [0.717, 1.165) is 27.0 Å². The Labute approximate surface area is 228 Å². The van der Waals surface area contributed by atoms with Crippen LogP contribution in [-0.2, 0) is 26.4 Å². The lowest BCUT2D eigenvalue weighted by atomic mass is 9.88. The standard InChI is InChI=1S/C26H34N4O5S3/c1-3-38(34,35)30-7-4-17(5-8-30)24-13-28-25-22(24)11-18(12-23(25)26(27)31)19-10-21(36-15-19)14-29(2)20-6-9-37(32,33)16-20/h10-13,15,17,20,28H,3-9,14,16H2,1-2H3,(H2,27,31). The molecule has 0 saturated carbocycles. The molecule has 0 spiro atoms. The molecule has 1 aromatic carbocycles. The number of fused-ring (bicyclic) bond motifs is 1. The molecule has 2 fully saturated rings. The Morgan fingerprint density at radius 3 is 2.55 bits per heavy atom. The van der Waals surface area contributed by atoms with Gasteiger partial charge >= 0.3 is 0 Å². The van der Waals surface area contributed by atoms with E-state index < -0.39 is 25.8 Å². The van der Waals surface area contributed by atoms with Gasteiger partial charge in [0, 0.05) is 42.1 Å². The average molecular weight is 579 g/mol. The van der Waals surface area contributed by atoms with Gasteiger partial charge in [-0.05, 0) is 79.4 Å². The van der Waals surface area contributed by atoms with E-state index in [-0.39, 0.29) is 29.2 Å². The highest BCUT2D eigenvalue weighted by Crippen LogP contribution is 2.38. The minimum atomic E-state index is -3.20. The lowest BCUT2D eigenvalue weighted by molar-refractivity contribution is 0.100. The molecule has 3 aromatic rings. The highest BCUT2D eigenvalue weighted by molar-refractivity contribution is 7.91. The quantitative estimate of drug-likeness (QED) is 0.422. The molecule has 9 nitrogen and oxygen atoms in total. The first kappa shape index (κ1) is 27.3. The number of thiophene rings is 1. The van der Waals surface area contributed by atoms with Gasteiger partial charge in [-0.25, -0.2) is 21.1 Å². The Kier molecular flexibility index (Phi) is 7.46. The second kappa shape index (κ2) is 10.4. The van der Waals surface area contributed by atoms with E-state index in [1.165, 1.54) is 0 Å². The normalized spacial score (nSPS) is 21.0. The van der Waals surface area contributed by atoms with Gasteiger partial charge in [0.2, 0.25) is 10.0 Å². The van der Waals surface area contributed by atoms with E-state index in [4.69, 9.17) is 5.73 Å². The number of nitrogens with two attached hydrogens (primary N) is 1. The number of hydrogen-bond donors (Lipinski definition) is 2. The molecule has 2 saturated heterocycles. The average Bonchev–Trinajstić information content (AvgIpc) is 3.61. The van der Waals surface area contributed by atoms with E-state index in [1.807, 2.05) is 19.3 Å². The summed E-state index contributed by atoms with van der Waals surface area (Å²) in [5, 5.41) is 3.00. The number of sulfone groups is 1. The van der Waals surface area contributed by atoms with E-state index in [0.29, 0.717) is 50.0 Å². The second-order valence-electron chi connectivity index (χ2n) is 10.4. The Bertz CT molecular complexity index is 1570. The van der Waals surface area contributed by atoms with E-state index in [9.17, 15) is 21.6 Å². The molecule has 2 aliphatic heterocycles. The van der Waals surface area contributed by atoms with Gasteiger partial charge in [0.05, 0.1) is 28.3 Å². The van der Waals surface area contributed by atoms with Crippen molar-refractivity contribution in [2.24, 2.45) is 5.73 Å². The maximum atomic E-state index is 12.4. The van der Waals surface area contributed by atoms with Gasteiger partial charge in [-0.1, -0.05) is 0 Å². The summed E-state index contributed by atoms with van der Waals surface area (Å²) in [5.74, 6) is 0.234. The molecule has 38 heavy (non-hydrogen) atoms. The van der Waals surface area contributed by atoms with Crippen molar-refractivity contribution in [1.82, 2.24) is 14.2 Å². The van der Waals surface area contributed by atoms with Gasteiger partial charge in [-0.3, -0.25) is 9.69 Å². The number of nitrogens with one attached hydrogen (secondary N) is 1. The van der Waals surface area contributed by atoms with Crippen molar-refractivity contribution in [2.75, 3.05) is 37.4 Å². The second-order valence-corrected chi connectivity index (χ2v) is 15.9. The van der Waals surface area contributed by atoms with Gasteiger partial charge in [-0.15, -0.1) is 11.3 Å². The summed E-state index contributed by atoms with van der Waals surface area (Å²) < 4.78 is 49.9. The molecule has 1 unspecified atom stereocenters. The van der Waals surface area contributed by atoms with Gasteiger partial charge in [0.1, 0.15) is 0 Å². The van der Waals surface area contributed by atoms with Crippen LogP contribution in [-0.4, -0.2) is 80.4 Å². The molecule has 5 rings (SSSR count). The zero-order valence-corrected chi connectivity index (χ0v) is 24.1. The number of benzene rings is 1. The number of carbonyl (C=O) groups is 1. The summed E-state index contributed by atoms with van der Waals surface area (Å²) in [7, 11) is -4.18.